The maximum atomic E-state index is 12.9. The summed E-state index contributed by atoms with van der Waals surface area (Å²) < 4.78 is 12.9. The van der Waals surface area contributed by atoms with Crippen LogP contribution in [0.3, 0.4) is 0 Å². The van der Waals surface area contributed by atoms with Crippen molar-refractivity contribution in [3.63, 3.8) is 0 Å². The number of nitriles is 1. The van der Waals surface area contributed by atoms with E-state index in [0.717, 1.165) is 11.1 Å². The third-order valence-corrected chi connectivity index (χ3v) is 3.67. The zero-order valence-electron chi connectivity index (χ0n) is 13.6. The lowest BCUT2D eigenvalue weighted by Gasteiger charge is -2.21. The Labute approximate surface area is 146 Å². The molecular weight excluding hydrogens is 315 g/mol. The van der Waals surface area contributed by atoms with E-state index in [1.54, 1.807) is 18.3 Å². The first-order chi connectivity index (χ1) is 12.2. The third kappa shape index (κ3) is 4.79. The first kappa shape index (κ1) is 16.5. The van der Waals surface area contributed by atoms with Crippen LogP contribution in [0.4, 0.5) is 10.1 Å². The fourth-order valence-electron chi connectivity index (χ4n) is 2.51. The van der Waals surface area contributed by atoms with E-state index in [2.05, 4.69) is 16.6 Å². The van der Waals surface area contributed by atoms with E-state index in [9.17, 15) is 9.65 Å². The summed E-state index contributed by atoms with van der Waals surface area (Å²) in [6, 6.07) is 18.3. The Kier molecular flexibility index (Phi) is 5.22. The van der Waals surface area contributed by atoms with Crippen molar-refractivity contribution in [1.82, 2.24) is 4.90 Å². The maximum absolute atomic E-state index is 12.9. The minimum atomic E-state index is -0.287. The number of benzene rings is 2. The van der Waals surface area contributed by atoms with E-state index in [1.165, 1.54) is 12.1 Å². The van der Waals surface area contributed by atoms with Crippen LogP contribution in [0, 0.1) is 17.1 Å². The molecule has 0 spiro atoms. The van der Waals surface area contributed by atoms with Crippen LogP contribution < -0.4 is 5.43 Å². The summed E-state index contributed by atoms with van der Waals surface area (Å²) in [6.45, 7) is 0.689. The second-order valence-corrected chi connectivity index (χ2v) is 5.68. The van der Waals surface area contributed by atoms with Gasteiger partial charge in [-0.05, 0) is 35.4 Å². The summed E-state index contributed by atoms with van der Waals surface area (Å²) in [5, 5.41) is 13.4. The fourth-order valence-corrected chi connectivity index (χ4v) is 2.51. The van der Waals surface area contributed by atoms with Gasteiger partial charge < -0.3 is 4.90 Å². The minimum absolute atomic E-state index is 0.287. The molecule has 0 amide bonds. The molecular formula is C20H17FN4. The molecule has 3 rings (SSSR count). The molecule has 0 unspecified atom stereocenters. The first-order valence-electron chi connectivity index (χ1n) is 7.89. The van der Waals surface area contributed by atoms with Crippen LogP contribution in [-0.2, 0) is 6.54 Å². The lowest BCUT2D eigenvalue weighted by atomic mass is 10.1. The Hall–Kier alpha value is -3.39. The lowest BCUT2D eigenvalue weighted by Crippen LogP contribution is -2.15. The van der Waals surface area contributed by atoms with E-state index >= 15 is 0 Å². The molecule has 0 saturated heterocycles. The Morgan fingerprint density at radius 3 is 2.60 bits per heavy atom. The molecule has 0 bridgehead atoms. The number of halogens is 1. The summed E-state index contributed by atoms with van der Waals surface area (Å²) in [6.07, 6.45) is 6.06. The van der Waals surface area contributed by atoms with Gasteiger partial charge in [-0.1, -0.05) is 30.3 Å². The van der Waals surface area contributed by atoms with Crippen molar-refractivity contribution >= 4 is 11.9 Å². The molecule has 0 atom stereocenters. The van der Waals surface area contributed by atoms with Gasteiger partial charge in [0.15, 0.2) is 0 Å². The molecule has 2 aromatic rings. The number of hydrogen-bond donors (Lipinski definition) is 1. The minimum Gasteiger partial charge on any atom is -0.349 e. The van der Waals surface area contributed by atoms with Crippen LogP contribution >= 0.6 is 0 Å². The molecule has 1 heterocycles. The van der Waals surface area contributed by atoms with E-state index < -0.39 is 0 Å². The Morgan fingerprint density at radius 2 is 1.88 bits per heavy atom. The van der Waals surface area contributed by atoms with Crippen molar-refractivity contribution in [3.05, 3.63) is 89.5 Å². The van der Waals surface area contributed by atoms with Crippen molar-refractivity contribution in [2.24, 2.45) is 5.10 Å². The highest BCUT2D eigenvalue weighted by Gasteiger charge is 2.11. The van der Waals surface area contributed by atoms with E-state index in [1.807, 2.05) is 47.6 Å². The van der Waals surface area contributed by atoms with Gasteiger partial charge in [0.2, 0.25) is 0 Å². The number of anilines is 1. The quantitative estimate of drug-likeness (QED) is 0.651. The lowest BCUT2D eigenvalue weighted by molar-refractivity contribution is 0.487. The Bertz CT molecular complexity index is 846. The SMILES string of the molecule is N#CC1=CN(Cc2ccccc2)C=C(C=NNc2ccc(F)cc2)C1. The van der Waals surface area contributed by atoms with Gasteiger partial charge in [-0.3, -0.25) is 5.43 Å². The summed E-state index contributed by atoms with van der Waals surface area (Å²) in [4.78, 5) is 1.98. The average Bonchev–Trinajstić information content (AvgIpc) is 2.64. The van der Waals surface area contributed by atoms with Crippen molar-refractivity contribution in [2.45, 2.75) is 13.0 Å². The van der Waals surface area contributed by atoms with E-state index in [-0.39, 0.29) is 5.82 Å². The number of hydrogen-bond acceptors (Lipinski definition) is 4. The second-order valence-electron chi connectivity index (χ2n) is 5.68. The fraction of sp³-hybridized carbons (Fsp3) is 0.100. The van der Waals surface area contributed by atoms with Crippen molar-refractivity contribution < 1.29 is 4.39 Å². The van der Waals surface area contributed by atoms with Crippen LogP contribution in [-0.4, -0.2) is 11.1 Å². The number of rotatable bonds is 5. The standard InChI is InChI=1S/C20H17FN4/c21-19-6-8-20(9-7-19)24-23-12-18-10-17(11-22)14-25(15-18)13-16-4-2-1-3-5-16/h1-9,12,14-15,24H,10,13H2. The highest BCUT2D eigenvalue weighted by atomic mass is 19.1. The molecule has 4 nitrogen and oxygen atoms in total. The van der Waals surface area contributed by atoms with Crippen molar-refractivity contribution in [1.29, 1.82) is 5.26 Å². The summed E-state index contributed by atoms with van der Waals surface area (Å²) >= 11 is 0. The molecule has 124 valence electrons. The van der Waals surface area contributed by atoms with Gasteiger partial charge in [0, 0.05) is 25.4 Å². The Morgan fingerprint density at radius 1 is 1.12 bits per heavy atom. The maximum Gasteiger partial charge on any atom is 0.123 e. The topological polar surface area (TPSA) is 51.4 Å². The van der Waals surface area contributed by atoms with Crippen LogP contribution in [0.25, 0.3) is 0 Å². The summed E-state index contributed by atoms with van der Waals surface area (Å²) in [5.41, 5.74) is 6.32. The van der Waals surface area contributed by atoms with Gasteiger partial charge in [-0.2, -0.15) is 10.4 Å². The van der Waals surface area contributed by atoms with Gasteiger partial charge in [0.1, 0.15) is 5.82 Å². The van der Waals surface area contributed by atoms with Crippen molar-refractivity contribution in [3.8, 4) is 6.07 Å². The Balaban J connectivity index is 1.68. The highest BCUT2D eigenvalue weighted by molar-refractivity contribution is 5.80. The molecule has 25 heavy (non-hydrogen) atoms. The van der Waals surface area contributed by atoms with Crippen molar-refractivity contribution in [2.75, 3.05) is 5.43 Å². The summed E-state index contributed by atoms with van der Waals surface area (Å²) in [5.74, 6) is -0.287. The first-order valence-corrected chi connectivity index (χ1v) is 7.89. The normalized spacial score (nSPS) is 14.0. The molecule has 0 saturated carbocycles. The zero-order valence-corrected chi connectivity index (χ0v) is 13.6. The second kappa shape index (κ2) is 7.93. The molecule has 1 aliphatic heterocycles. The van der Waals surface area contributed by atoms with Gasteiger partial charge in [-0.15, -0.1) is 0 Å². The van der Waals surface area contributed by atoms with E-state index in [0.29, 0.717) is 24.2 Å². The van der Waals surface area contributed by atoms with Crippen LogP contribution in [0.1, 0.15) is 12.0 Å². The van der Waals surface area contributed by atoms with Crippen LogP contribution in [0.5, 0.6) is 0 Å². The monoisotopic (exact) mass is 332 g/mol. The number of allylic oxidation sites excluding steroid dienone is 2. The average molecular weight is 332 g/mol. The number of hydrazone groups is 1. The largest absolute Gasteiger partial charge is 0.349 e. The molecule has 0 fully saturated rings. The molecule has 1 aliphatic rings. The van der Waals surface area contributed by atoms with Gasteiger partial charge in [0.05, 0.1) is 23.5 Å². The number of nitrogens with one attached hydrogen (secondary N) is 1. The van der Waals surface area contributed by atoms with Gasteiger partial charge >= 0.3 is 0 Å². The van der Waals surface area contributed by atoms with E-state index in [4.69, 9.17) is 0 Å². The smallest absolute Gasteiger partial charge is 0.123 e. The molecule has 0 aliphatic carbocycles. The highest BCUT2D eigenvalue weighted by Crippen LogP contribution is 2.19. The molecule has 2 aromatic carbocycles. The molecule has 0 aromatic heterocycles. The van der Waals surface area contributed by atoms with Gasteiger partial charge in [0.25, 0.3) is 0 Å². The third-order valence-electron chi connectivity index (χ3n) is 3.67. The van der Waals surface area contributed by atoms with Crippen LogP contribution in [0.2, 0.25) is 0 Å². The molecule has 0 radical (unpaired) electrons. The number of nitrogens with zero attached hydrogens (tertiary/aromatic N) is 3. The predicted octanol–water partition coefficient (Wildman–Crippen LogP) is 4.42. The predicted molar refractivity (Wildman–Crippen MR) is 96.9 cm³/mol. The molecule has 1 N–H and O–H groups in total. The summed E-state index contributed by atoms with van der Waals surface area (Å²) in [7, 11) is 0. The molecule has 5 heteroatoms. The zero-order chi connectivity index (χ0) is 17.5. The van der Waals surface area contributed by atoms with Crippen LogP contribution in [0.15, 0.2) is 83.2 Å². The van der Waals surface area contributed by atoms with Gasteiger partial charge in [-0.25, -0.2) is 4.39 Å².